The number of anilines is 1. The molecule has 0 saturated heterocycles. The van der Waals surface area contributed by atoms with Gasteiger partial charge in [-0.1, -0.05) is 55.5 Å². The number of benzene rings is 3. The molecule has 0 fully saturated rings. The molecule has 40 heavy (non-hydrogen) atoms. The summed E-state index contributed by atoms with van der Waals surface area (Å²) in [5.74, 6) is -1.03. The summed E-state index contributed by atoms with van der Waals surface area (Å²) < 4.78 is 45.7. The monoisotopic (exact) mass is 569 g/mol. The van der Waals surface area contributed by atoms with E-state index in [1.54, 1.807) is 24.3 Å². The maximum absolute atomic E-state index is 14.0. The lowest BCUT2D eigenvalue weighted by Crippen LogP contribution is -2.54. The Morgan fingerprint density at radius 3 is 2.27 bits per heavy atom. The molecule has 0 heterocycles. The molecule has 3 rings (SSSR count). The van der Waals surface area contributed by atoms with Crippen LogP contribution in [-0.4, -0.2) is 57.1 Å². The quantitative estimate of drug-likeness (QED) is 0.334. The van der Waals surface area contributed by atoms with Gasteiger partial charge in [0.1, 0.15) is 24.2 Å². The minimum Gasteiger partial charge on any atom is -0.497 e. The second-order valence-corrected chi connectivity index (χ2v) is 11.6. The number of hydrogen-bond donors (Lipinski definition) is 1. The first kappa shape index (κ1) is 30.6. The molecule has 0 aliphatic rings. The molecule has 0 bridgehead atoms. The van der Waals surface area contributed by atoms with Gasteiger partial charge in [0, 0.05) is 19.0 Å². The van der Waals surface area contributed by atoms with Gasteiger partial charge in [0.2, 0.25) is 21.8 Å². The van der Waals surface area contributed by atoms with Crippen LogP contribution in [0, 0.1) is 5.82 Å². The predicted molar refractivity (Wildman–Crippen MR) is 154 cm³/mol. The van der Waals surface area contributed by atoms with Crippen LogP contribution in [0.2, 0.25) is 0 Å². The number of nitrogens with zero attached hydrogens (tertiary/aromatic N) is 2. The zero-order valence-electron chi connectivity index (χ0n) is 23.2. The Labute approximate surface area is 235 Å². The van der Waals surface area contributed by atoms with E-state index in [4.69, 9.17) is 4.74 Å². The van der Waals surface area contributed by atoms with Crippen LogP contribution in [0.5, 0.6) is 5.75 Å². The number of hydrogen-bond acceptors (Lipinski definition) is 5. The molecule has 2 atom stereocenters. The van der Waals surface area contributed by atoms with Crippen molar-refractivity contribution in [3.63, 3.8) is 0 Å². The predicted octanol–water partition coefficient (Wildman–Crippen LogP) is 4.16. The number of rotatable bonds is 13. The zero-order valence-corrected chi connectivity index (χ0v) is 24.0. The van der Waals surface area contributed by atoms with Gasteiger partial charge in [0.15, 0.2) is 0 Å². The van der Waals surface area contributed by atoms with Crippen LogP contribution in [0.1, 0.15) is 31.4 Å². The molecule has 0 aromatic heterocycles. The van der Waals surface area contributed by atoms with Gasteiger partial charge in [-0.3, -0.25) is 13.9 Å². The van der Waals surface area contributed by atoms with Crippen molar-refractivity contribution < 1.29 is 27.1 Å². The van der Waals surface area contributed by atoms with Gasteiger partial charge in [-0.2, -0.15) is 0 Å². The zero-order chi connectivity index (χ0) is 29.3. The number of sulfonamides is 1. The van der Waals surface area contributed by atoms with E-state index in [0.29, 0.717) is 17.7 Å². The van der Waals surface area contributed by atoms with Crippen molar-refractivity contribution >= 4 is 27.5 Å². The molecular formula is C30H36FN3O5S. The van der Waals surface area contributed by atoms with Crippen LogP contribution in [0.4, 0.5) is 10.1 Å². The van der Waals surface area contributed by atoms with Crippen molar-refractivity contribution in [2.24, 2.45) is 0 Å². The summed E-state index contributed by atoms with van der Waals surface area (Å²) in [5, 5.41) is 2.98. The van der Waals surface area contributed by atoms with E-state index in [1.807, 2.05) is 44.2 Å². The van der Waals surface area contributed by atoms with Crippen LogP contribution >= 0.6 is 0 Å². The third-order valence-corrected chi connectivity index (χ3v) is 7.68. The van der Waals surface area contributed by atoms with Crippen LogP contribution in [0.15, 0.2) is 78.9 Å². The maximum atomic E-state index is 14.0. The largest absolute Gasteiger partial charge is 0.497 e. The average Bonchev–Trinajstić information content (AvgIpc) is 2.93. The fraction of sp³-hybridized carbons (Fsp3) is 0.333. The Balaban J connectivity index is 2.07. The minimum atomic E-state index is -3.98. The lowest BCUT2D eigenvalue weighted by molar-refractivity contribution is -0.140. The summed E-state index contributed by atoms with van der Waals surface area (Å²) in [6.07, 6.45) is 1.85. The number of methoxy groups -OCH3 is 1. The van der Waals surface area contributed by atoms with Gasteiger partial charge in [-0.25, -0.2) is 12.8 Å². The highest BCUT2D eigenvalue weighted by Crippen LogP contribution is 2.22. The molecule has 3 aromatic rings. The van der Waals surface area contributed by atoms with Crippen LogP contribution < -0.4 is 14.4 Å². The van der Waals surface area contributed by atoms with E-state index < -0.39 is 34.3 Å². The van der Waals surface area contributed by atoms with Crippen molar-refractivity contribution in [2.45, 2.75) is 45.3 Å². The first-order valence-electron chi connectivity index (χ1n) is 13.0. The molecule has 2 amide bonds. The summed E-state index contributed by atoms with van der Waals surface area (Å²) in [7, 11) is -2.45. The molecule has 3 aromatic carbocycles. The fourth-order valence-electron chi connectivity index (χ4n) is 4.21. The number of nitrogens with one attached hydrogen (secondary N) is 1. The van der Waals surface area contributed by atoms with Gasteiger partial charge in [0.25, 0.3) is 0 Å². The normalized spacial score (nSPS) is 12.7. The average molecular weight is 570 g/mol. The molecule has 0 aliphatic heterocycles. The van der Waals surface area contributed by atoms with E-state index in [2.05, 4.69) is 5.32 Å². The van der Waals surface area contributed by atoms with Crippen molar-refractivity contribution in [1.29, 1.82) is 0 Å². The first-order chi connectivity index (χ1) is 19.0. The van der Waals surface area contributed by atoms with Gasteiger partial charge in [0.05, 0.1) is 19.1 Å². The topological polar surface area (TPSA) is 96.0 Å². The molecule has 0 unspecified atom stereocenters. The van der Waals surface area contributed by atoms with Crippen molar-refractivity contribution in [2.75, 3.05) is 24.2 Å². The molecule has 0 saturated carbocycles. The number of carbonyl (C=O) groups is 2. The standard InChI is InChI=1S/C30H36FN3O5S/c1-5-22(2)32-30(36)28(18-23-11-7-6-8-12-23)33(20-24-13-9-16-27(17-24)39-3)29(35)21-34(40(4,37)38)26-15-10-14-25(31)19-26/h6-17,19,22,28H,5,18,20-21H2,1-4H3,(H,32,36)/t22-,28+/m1/s1. The van der Waals surface area contributed by atoms with E-state index in [-0.39, 0.29) is 30.6 Å². The van der Waals surface area contributed by atoms with E-state index >= 15 is 0 Å². The lowest BCUT2D eigenvalue weighted by Gasteiger charge is -2.34. The van der Waals surface area contributed by atoms with Crippen LogP contribution in [0.25, 0.3) is 0 Å². The number of halogens is 1. The van der Waals surface area contributed by atoms with Crippen molar-refractivity contribution in [3.05, 3.63) is 95.8 Å². The molecular weight excluding hydrogens is 533 g/mol. The van der Waals surface area contributed by atoms with Gasteiger partial charge >= 0.3 is 0 Å². The Hall–Kier alpha value is -3.92. The van der Waals surface area contributed by atoms with Crippen LogP contribution in [0.3, 0.4) is 0 Å². The first-order valence-corrected chi connectivity index (χ1v) is 14.9. The van der Waals surface area contributed by atoms with Crippen molar-refractivity contribution in [1.82, 2.24) is 10.2 Å². The van der Waals surface area contributed by atoms with Gasteiger partial charge < -0.3 is 15.0 Å². The highest BCUT2D eigenvalue weighted by atomic mass is 32.2. The van der Waals surface area contributed by atoms with Gasteiger partial charge in [-0.05, 0) is 54.8 Å². The Morgan fingerprint density at radius 2 is 1.65 bits per heavy atom. The lowest BCUT2D eigenvalue weighted by atomic mass is 10.0. The number of amides is 2. The van der Waals surface area contributed by atoms with E-state index in [0.717, 1.165) is 22.2 Å². The summed E-state index contributed by atoms with van der Waals surface area (Å²) in [6, 6.07) is 20.3. The molecule has 214 valence electrons. The second-order valence-electron chi connectivity index (χ2n) is 9.65. The second kappa shape index (κ2) is 13.9. The molecule has 1 N–H and O–H groups in total. The molecule has 0 radical (unpaired) electrons. The summed E-state index contributed by atoms with van der Waals surface area (Å²) in [6.45, 7) is 3.22. The third kappa shape index (κ3) is 8.54. The van der Waals surface area contributed by atoms with Crippen molar-refractivity contribution in [3.8, 4) is 5.75 Å². The Morgan fingerprint density at radius 1 is 0.975 bits per heavy atom. The smallest absolute Gasteiger partial charge is 0.244 e. The van der Waals surface area contributed by atoms with Gasteiger partial charge in [-0.15, -0.1) is 0 Å². The highest BCUT2D eigenvalue weighted by Gasteiger charge is 2.33. The highest BCUT2D eigenvalue weighted by molar-refractivity contribution is 7.92. The molecule has 0 spiro atoms. The fourth-order valence-corrected chi connectivity index (χ4v) is 5.05. The summed E-state index contributed by atoms with van der Waals surface area (Å²) in [5.41, 5.74) is 1.54. The molecule has 8 nitrogen and oxygen atoms in total. The molecule has 10 heteroatoms. The number of carbonyl (C=O) groups excluding carboxylic acids is 2. The summed E-state index contributed by atoms with van der Waals surface area (Å²) in [4.78, 5) is 29.1. The summed E-state index contributed by atoms with van der Waals surface area (Å²) >= 11 is 0. The molecule has 0 aliphatic carbocycles. The SMILES string of the molecule is CC[C@@H](C)NC(=O)[C@H](Cc1ccccc1)N(Cc1cccc(OC)c1)C(=O)CN(c1cccc(F)c1)S(C)(=O)=O. The van der Waals surface area contributed by atoms with Crippen LogP contribution in [-0.2, 0) is 32.6 Å². The minimum absolute atomic E-state index is 0.0147. The Kier molecular flexibility index (Phi) is 10.7. The maximum Gasteiger partial charge on any atom is 0.244 e. The van der Waals surface area contributed by atoms with E-state index in [1.165, 1.54) is 30.2 Å². The Bertz CT molecular complexity index is 1400. The third-order valence-electron chi connectivity index (χ3n) is 6.53. The van der Waals surface area contributed by atoms with E-state index in [9.17, 15) is 22.4 Å². The number of ether oxygens (including phenoxy) is 1.